The van der Waals surface area contributed by atoms with Gasteiger partial charge in [-0.1, -0.05) is 25.4 Å². The molecule has 10 heteroatoms. The maximum atomic E-state index is 13.1. The van der Waals surface area contributed by atoms with Crippen LogP contribution in [0.25, 0.3) is 0 Å². The molecule has 1 aliphatic heterocycles. The number of carbonyl (C=O) groups is 1. The van der Waals surface area contributed by atoms with Gasteiger partial charge in [0.25, 0.3) is 0 Å². The summed E-state index contributed by atoms with van der Waals surface area (Å²) in [7, 11) is 0. The second-order valence-electron chi connectivity index (χ2n) is 8.85. The molecule has 1 amide bonds. The lowest BCUT2D eigenvalue weighted by molar-refractivity contribution is -0.117. The van der Waals surface area contributed by atoms with Crippen LogP contribution in [0.5, 0.6) is 0 Å². The van der Waals surface area contributed by atoms with Crippen LogP contribution in [-0.2, 0) is 17.6 Å². The number of fused-ring (bicyclic) bond motifs is 1. The number of rotatable bonds is 6. The molecule has 4 heterocycles. The van der Waals surface area contributed by atoms with Gasteiger partial charge in [-0.15, -0.1) is 0 Å². The van der Waals surface area contributed by atoms with Crippen molar-refractivity contribution in [1.29, 1.82) is 0 Å². The summed E-state index contributed by atoms with van der Waals surface area (Å²) in [5, 5.41) is 14.2. The van der Waals surface area contributed by atoms with E-state index in [0.717, 1.165) is 67.2 Å². The monoisotopic (exact) mass is 466 g/mol. The van der Waals surface area contributed by atoms with E-state index in [9.17, 15) is 4.79 Å². The summed E-state index contributed by atoms with van der Waals surface area (Å²) in [6.07, 6.45) is 6.10. The molecule has 5 rings (SSSR count). The van der Waals surface area contributed by atoms with Crippen LogP contribution >= 0.6 is 11.6 Å². The van der Waals surface area contributed by atoms with Crippen LogP contribution in [0.1, 0.15) is 56.0 Å². The van der Waals surface area contributed by atoms with Gasteiger partial charge in [0, 0.05) is 23.9 Å². The fraction of sp³-hybridized carbons (Fsp3) is 0.435. The summed E-state index contributed by atoms with van der Waals surface area (Å²) in [5.74, 6) is 2.37. The number of pyridine rings is 1. The van der Waals surface area contributed by atoms with Crippen molar-refractivity contribution in [3.8, 4) is 0 Å². The fourth-order valence-corrected chi connectivity index (χ4v) is 4.53. The van der Waals surface area contributed by atoms with Gasteiger partial charge in [0.2, 0.25) is 11.9 Å². The minimum Gasteiger partial charge on any atom is -0.329 e. The van der Waals surface area contributed by atoms with Gasteiger partial charge in [-0.25, -0.2) is 9.97 Å². The summed E-state index contributed by atoms with van der Waals surface area (Å²) in [6.45, 7) is 4.97. The summed E-state index contributed by atoms with van der Waals surface area (Å²) in [4.78, 5) is 28.8. The van der Waals surface area contributed by atoms with Crippen LogP contribution < -0.4 is 15.5 Å². The standard InChI is InChI=1S/C23H27ClN8O/c1-13(2)17-11-20(31-30-17)28-21-15-5-3-6-16(15)27-23(29-21)32-10-4-7-18(32)22(33)26-14-8-9-19(24)25-12-14/h8-9,11-13,18H,3-7,10H2,1-2H3,(H,26,33)(H2,27,28,29,30,31)/t18-/m1/s1. The zero-order chi connectivity index (χ0) is 22.9. The summed E-state index contributed by atoms with van der Waals surface area (Å²) < 4.78 is 0. The van der Waals surface area contributed by atoms with Crippen LogP contribution in [0.3, 0.4) is 0 Å². The molecule has 1 atom stereocenters. The highest BCUT2D eigenvalue weighted by atomic mass is 35.5. The molecule has 0 saturated carbocycles. The van der Waals surface area contributed by atoms with Gasteiger partial charge in [0.1, 0.15) is 17.0 Å². The minimum absolute atomic E-state index is 0.0934. The number of aromatic nitrogens is 5. The van der Waals surface area contributed by atoms with Crippen LogP contribution in [0.4, 0.5) is 23.3 Å². The number of hydrogen-bond acceptors (Lipinski definition) is 7. The van der Waals surface area contributed by atoms with Gasteiger partial charge in [-0.2, -0.15) is 10.1 Å². The van der Waals surface area contributed by atoms with Crippen LogP contribution in [0.2, 0.25) is 5.15 Å². The molecule has 33 heavy (non-hydrogen) atoms. The molecule has 1 saturated heterocycles. The molecule has 0 bridgehead atoms. The number of anilines is 4. The highest BCUT2D eigenvalue weighted by Gasteiger charge is 2.34. The molecule has 1 fully saturated rings. The summed E-state index contributed by atoms with van der Waals surface area (Å²) in [5.41, 5.74) is 3.87. The lowest BCUT2D eigenvalue weighted by Gasteiger charge is -2.25. The number of nitrogens with one attached hydrogen (secondary N) is 3. The third-order valence-electron chi connectivity index (χ3n) is 6.19. The van der Waals surface area contributed by atoms with E-state index < -0.39 is 0 Å². The van der Waals surface area contributed by atoms with Crippen molar-refractivity contribution >= 4 is 40.8 Å². The largest absolute Gasteiger partial charge is 0.329 e. The van der Waals surface area contributed by atoms with E-state index in [4.69, 9.17) is 21.6 Å². The average molecular weight is 467 g/mol. The van der Waals surface area contributed by atoms with Gasteiger partial charge >= 0.3 is 0 Å². The number of amides is 1. The van der Waals surface area contributed by atoms with Crippen molar-refractivity contribution in [3.63, 3.8) is 0 Å². The van der Waals surface area contributed by atoms with E-state index in [2.05, 4.69) is 39.7 Å². The van der Waals surface area contributed by atoms with Crippen LogP contribution in [0.15, 0.2) is 24.4 Å². The first-order valence-corrected chi connectivity index (χ1v) is 11.8. The van der Waals surface area contributed by atoms with Gasteiger partial charge in [-0.05, 0) is 50.2 Å². The number of nitrogens with zero attached hydrogens (tertiary/aromatic N) is 5. The maximum absolute atomic E-state index is 13.1. The zero-order valence-corrected chi connectivity index (χ0v) is 19.5. The van der Waals surface area contributed by atoms with Gasteiger partial charge < -0.3 is 15.5 Å². The maximum Gasteiger partial charge on any atom is 0.247 e. The molecule has 0 radical (unpaired) electrons. The molecule has 9 nitrogen and oxygen atoms in total. The van der Waals surface area contributed by atoms with E-state index in [0.29, 0.717) is 22.7 Å². The van der Waals surface area contributed by atoms with E-state index >= 15 is 0 Å². The Morgan fingerprint density at radius 1 is 1.24 bits per heavy atom. The molecule has 0 spiro atoms. The molecule has 3 aromatic rings. The van der Waals surface area contributed by atoms with Gasteiger partial charge in [-0.3, -0.25) is 9.89 Å². The van der Waals surface area contributed by atoms with Crippen LogP contribution in [-0.4, -0.2) is 43.6 Å². The number of aryl methyl sites for hydroxylation is 1. The molecular weight excluding hydrogens is 440 g/mol. The first-order valence-electron chi connectivity index (χ1n) is 11.4. The quantitative estimate of drug-likeness (QED) is 0.466. The normalized spacial score (nSPS) is 17.5. The van der Waals surface area contributed by atoms with E-state index in [1.807, 2.05) is 11.0 Å². The molecule has 1 aliphatic carbocycles. The highest BCUT2D eigenvalue weighted by Crippen LogP contribution is 2.33. The molecule has 2 aliphatic rings. The minimum atomic E-state index is -0.342. The SMILES string of the molecule is CC(C)c1cc(Nc2nc(N3CCC[C@@H]3C(=O)Nc3ccc(Cl)nc3)nc3c2CCC3)n[nH]1. The number of halogens is 1. The van der Waals surface area contributed by atoms with Crippen molar-refractivity contribution < 1.29 is 4.79 Å². The predicted molar refractivity (Wildman–Crippen MR) is 128 cm³/mol. The molecular formula is C23H27ClN8O. The zero-order valence-electron chi connectivity index (χ0n) is 18.7. The first-order chi connectivity index (χ1) is 16.0. The second-order valence-corrected chi connectivity index (χ2v) is 9.24. The number of carbonyl (C=O) groups excluding carboxylic acids is 1. The van der Waals surface area contributed by atoms with Crippen LogP contribution in [0, 0.1) is 0 Å². The molecule has 0 aromatic carbocycles. The number of aromatic amines is 1. The smallest absolute Gasteiger partial charge is 0.247 e. The van der Waals surface area contributed by atoms with Crippen molar-refractivity contribution in [2.75, 3.05) is 22.1 Å². The Morgan fingerprint density at radius 3 is 2.88 bits per heavy atom. The second kappa shape index (κ2) is 8.97. The Balaban J connectivity index is 1.40. The summed E-state index contributed by atoms with van der Waals surface area (Å²) in [6, 6.07) is 5.08. The Kier molecular flexibility index (Phi) is 5.88. The Morgan fingerprint density at radius 2 is 2.12 bits per heavy atom. The lowest BCUT2D eigenvalue weighted by atomic mass is 10.1. The molecule has 172 valence electrons. The average Bonchev–Trinajstić information content (AvgIpc) is 3.55. The molecule has 3 aromatic heterocycles. The lowest BCUT2D eigenvalue weighted by Crippen LogP contribution is -2.40. The van der Waals surface area contributed by atoms with Crippen molar-refractivity contribution in [1.82, 2.24) is 25.1 Å². The number of hydrogen-bond donors (Lipinski definition) is 3. The Labute approximate surface area is 197 Å². The third-order valence-corrected chi connectivity index (χ3v) is 6.42. The van der Waals surface area contributed by atoms with Gasteiger partial charge in [0.05, 0.1) is 17.6 Å². The Bertz CT molecular complexity index is 1160. The predicted octanol–water partition coefficient (Wildman–Crippen LogP) is 4.21. The molecule has 0 unspecified atom stereocenters. The van der Waals surface area contributed by atoms with Crippen molar-refractivity contribution in [2.45, 2.75) is 57.9 Å². The van der Waals surface area contributed by atoms with E-state index in [-0.39, 0.29) is 11.9 Å². The van der Waals surface area contributed by atoms with Crippen molar-refractivity contribution in [3.05, 3.63) is 46.5 Å². The highest BCUT2D eigenvalue weighted by molar-refractivity contribution is 6.29. The Hall–Kier alpha value is -3.20. The van der Waals surface area contributed by atoms with E-state index in [1.165, 1.54) is 0 Å². The van der Waals surface area contributed by atoms with Gasteiger partial charge in [0.15, 0.2) is 5.82 Å². The molecule has 3 N–H and O–H groups in total. The van der Waals surface area contributed by atoms with E-state index in [1.54, 1.807) is 18.3 Å². The fourth-order valence-electron chi connectivity index (χ4n) is 4.42. The van der Waals surface area contributed by atoms with Crippen molar-refractivity contribution in [2.24, 2.45) is 0 Å². The third kappa shape index (κ3) is 4.50. The first kappa shape index (κ1) is 21.6. The number of H-pyrrole nitrogens is 1. The summed E-state index contributed by atoms with van der Waals surface area (Å²) >= 11 is 5.85. The topological polar surface area (TPSA) is 112 Å².